The molecule has 2 heterocycles. The Morgan fingerprint density at radius 1 is 1.06 bits per heavy atom. The molecule has 178 valence electrons. The number of pyridine rings is 1. The van der Waals surface area contributed by atoms with Crippen molar-refractivity contribution in [3.8, 4) is 5.75 Å². The average molecular weight is 477 g/mol. The second-order valence-electron chi connectivity index (χ2n) is 9.14. The molecule has 7 nitrogen and oxygen atoms in total. The van der Waals surface area contributed by atoms with Crippen molar-refractivity contribution >= 4 is 5.78 Å². The molecule has 0 radical (unpaired) electrons. The Labute approximate surface area is 182 Å². The Kier molecular flexibility index (Phi) is 4.79. The number of Topliss-reactive ketones (excluding diaryl/α,β-unsaturated/α-hetero) is 1. The first kappa shape index (κ1) is 22.1. The minimum absolute atomic E-state index is 0.0592. The number of aromatic nitrogens is 3. The lowest BCUT2D eigenvalue weighted by atomic mass is 9.34. The fourth-order valence-electron chi connectivity index (χ4n) is 5.25. The molecule has 0 atom stereocenters. The maximum absolute atomic E-state index is 12.5. The topological polar surface area (TPSA) is 87.3 Å². The summed E-state index contributed by atoms with van der Waals surface area (Å²) in [5, 5.41) is 8.06. The third kappa shape index (κ3) is 4.30. The Morgan fingerprint density at radius 3 is 2.33 bits per heavy atom. The van der Waals surface area contributed by atoms with Gasteiger partial charge in [0.05, 0.1) is 17.7 Å². The number of carbonyl (C=O) groups excluding carboxylic acids is 1. The van der Waals surface area contributed by atoms with Gasteiger partial charge >= 0.3 is 12.7 Å². The summed E-state index contributed by atoms with van der Waals surface area (Å²) in [5.74, 6) is -0.320. The summed E-state index contributed by atoms with van der Waals surface area (Å²) in [4.78, 5) is 16.3. The van der Waals surface area contributed by atoms with E-state index in [1.165, 1.54) is 6.07 Å². The van der Waals surface area contributed by atoms with Gasteiger partial charge in [-0.05, 0) is 49.7 Å². The molecule has 0 unspecified atom stereocenters. The molecule has 13 heteroatoms. The number of carbonyl (C=O) groups is 1. The third-order valence-electron chi connectivity index (χ3n) is 6.57. The van der Waals surface area contributed by atoms with E-state index in [-0.39, 0.29) is 47.5 Å². The molecule has 33 heavy (non-hydrogen) atoms. The van der Waals surface area contributed by atoms with Crippen LogP contribution in [0.4, 0.5) is 26.3 Å². The highest BCUT2D eigenvalue weighted by Gasteiger charge is 2.71. The van der Waals surface area contributed by atoms with Crippen molar-refractivity contribution in [2.24, 2.45) is 5.41 Å². The van der Waals surface area contributed by atoms with Gasteiger partial charge in [-0.3, -0.25) is 9.53 Å². The molecule has 0 amide bonds. The third-order valence-corrected chi connectivity index (χ3v) is 6.57. The van der Waals surface area contributed by atoms with Crippen LogP contribution in [-0.4, -0.2) is 39.8 Å². The van der Waals surface area contributed by atoms with E-state index < -0.39 is 24.6 Å². The zero-order valence-electron chi connectivity index (χ0n) is 16.9. The summed E-state index contributed by atoms with van der Waals surface area (Å²) >= 11 is 0. The van der Waals surface area contributed by atoms with Crippen LogP contribution < -0.4 is 4.74 Å². The molecule has 0 aromatic carbocycles. The second kappa shape index (κ2) is 7.15. The molecule has 2 bridgehead atoms. The van der Waals surface area contributed by atoms with Crippen LogP contribution in [-0.2, 0) is 10.2 Å². The summed E-state index contributed by atoms with van der Waals surface area (Å²) in [6.45, 7) is 0. The molecule has 4 aliphatic rings. The SMILES string of the molecule is O=C(CC12CC(c3nnc(C4CC(OC(F)(F)F)C4)o3)(C1)C2)c1ccc(OC(F)(F)F)cn1. The molecule has 0 saturated heterocycles. The molecule has 2 aromatic rings. The molecule has 4 saturated carbocycles. The van der Waals surface area contributed by atoms with E-state index in [1.807, 2.05) is 0 Å². The van der Waals surface area contributed by atoms with Gasteiger partial charge in [0.15, 0.2) is 5.78 Å². The minimum atomic E-state index is -4.83. The fraction of sp³-hybridized carbons (Fsp3) is 0.600. The molecular weight excluding hydrogens is 460 g/mol. The van der Waals surface area contributed by atoms with Crippen molar-refractivity contribution < 1.29 is 45.0 Å². The van der Waals surface area contributed by atoms with E-state index in [0.29, 0.717) is 31.0 Å². The largest absolute Gasteiger partial charge is 0.573 e. The molecule has 0 N–H and O–H groups in total. The van der Waals surface area contributed by atoms with E-state index in [9.17, 15) is 31.1 Å². The smallest absolute Gasteiger partial charge is 0.424 e. The van der Waals surface area contributed by atoms with Gasteiger partial charge in [0.25, 0.3) is 0 Å². The summed E-state index contributed by atoms with van der Waals surface area (Å²) in [6.07, 6.45) is -7.10. The zero-order chi connectivity index (χ0) is 23.6. The molecule has 2 aromatic heterocycles. The second-order valence-corrected chi connectivity index (χ2v) is 9.14. The van der Waals surface area contributed by atoms with Gasteiger partial charge < -0.3 is 9.15 Å². The van der Waals surface area contributed by atoms with Crippen LogP contribution in [0.1, 0.15) is 66.7 Å². The first-order valence-corrected chi connectivity index (χ1v) is 10.2. The van der Waals surface area contributed by atoms with Gasteiger partial charge in [0.1, 0.15) is 11.4 Å². The van der Waals surface area contributed by atoms with Gasteiger partial charge in [-0.15, -0.1) is 36.5 Å². The van der Waals surface area contributed by atoms with Crippen LogP contribution in [0.3, 0.4) is 0 Å². The molecule has 0 aliphatic heterocycles. The van der Waals surface area contributed by atoms with Crippen molar-refractivity contribution in [1.82, 2.24) is 15.2 Å². The highest BCUT2D eigenvalue weighted by atomic mass is 19.4. The van der Waals surface area contributed by atoms with Crippen LogP contribution in [0.15, 0.2) is 22.7 Å². The highest BCUT2D eigenvalue weighted by Crippen LogP contribution is 2.75. The normalized spacial score (nSPS) is 30.7. The first-order valence-electron chi connectivity index (χ1n) is 10.2. The van der Waals surface area contributed by atoms with Crippen LogP contribution >= 0.6 is 0 Å². The molecule has 4 fully saturated rings. The lowest BCUT2D eigenvalue weighted by Crippen LogP contribution is -2.65. The molecule has 0 spiro atoms. The van der Waals surface area contributed by atoms with Crippen LogP contribution in [0.25, 0.3) is 0 Å². The molecule has 4 aliphatic carbocycles. The van der Waals surface area contributed by atoms with Gasteiger partial charge in [0, 0.05) is 12.3 Å². The first-order chi connectivity index (χ1) is 15.3. The maximum atomic E-state index is 12.5. The van der Waals surface area contributed by atoms with Crippen LogP contribution in [0, 0.1) is 5.41 Å². The average Bonchev–Trinajstić information content (AvgIpc) is 3.07. The maximum Gasteiger partial charge on any atom is 0.573 e. The van der Waals surface area contributed by atoms with E-state index in [1.54, 1.807) is 0 Å². The summed E-state index contributed by atoms with van der Waals surface area (Å²) in [6, 6.07) is 2.24. The number of alkyl halides is 6. The number of ether oxygens (including phenoxy) is 2. The van der Waals surface area contributed by atoms with Gasteiger partial charge in [-0.1, -0.05) is 0 Å². The highest BCUT2D eigenvalue weighted by molar-refractivity contribution is 5.95. The van der Waals surface area contributed by atoms with Gasteiger partial charge in [0.2, 0.25) is 11.8 Å². The monoisotopic (exact) mass is 477 g/mol. The fourth-order valence-corrected chi connectivity index (χ4v) is 5.25. The Bertz CT molecular complexity index is 1040. The Morgan fingerprint density at radius 2 is 1.76 bits per heavy atom. The lowest BCUT2D eigenvalue weighted by Gasteiger charge is -2.68. The molecule has 6 rings (SSSR count). The zero-order valence-corrected chi connectivity index (χ0v) is 16.9. The van der Waals surface area contributed by atoms with Crippen molar-refractivity contribution in [1.29, 1.82) is 0 Å². The van der Waals surface area contributed by atoms with E-state index in [0.717, 1.165) is 12.3 Å². The summed E-state index contributed by atoms with van der Waals surface area (Å²) < 4.78 is 86.8. The van der Waals surface area contributed by atoms with Gasteiger partial charge in [-0.25, -0.2) is 4.98 Å². The van der Waals surface area contributed by atoms with E-state index >= 15 is 0 Å². The summed E-state index contributed by atoms with van der Waals surface area (Å²) in [7, 11) is 0. The Balaban J connectivity index is 1.13. The predicted molar refractivity (Wildman–Crippen MR) is 95.0 cm³/mol. The van der Waals surface area contributed by atoms with Crippen LogP contribution in [0.5, 0.6) is 5.75 Å². The van der Waals surface area contributed by atoms with E-state index in [2.05, 4.69) is 24.7 Å². The van der Waals surface area contributed by atoms with Crippen molar-refractivity contribution in [3.05, 3.63) is 35.8 Å². The minimum Gasteiger partial charge on any atom is -0.424 e. The van der Waals surface area contributed by atoms with Crippen LogP contribution in [0.2, 0.25) is 0 Å². The predicted octanol–water partition coefficient (Wildman–Crippen LogP) is 4.84. The lowest BCUT2D eigenvalue weighted by molar-refractivity contribution is -0.352. The van der Waals surface area contributed by atoms with Gasteiger partial charge in [-0.2, -0.15) is 0 Å². The summed E-state index contributed by atoms with van der Waals surface area (Å²) in [5.41, 5.74) is -0.505. The van der Waals surface area contributed by atoms with Crippen molar-refractivity contribution in [2.45, 2.75) is 68.7 Å². The number of ketones is 1. The number of rotatable bonds is 7. The van der Waals surface area contributed by atoms with Crippen molar-refractivity contribution in [3.63, 3.8) is 0 Å². The molecular formula is C20H17F6N3O4. The number of halogens is 6. The number of nitrogens with zero attached hydrogens (tertiary/aromatic N) is 3. The number of hydrogen-bond acceptors (Lipinski definition) is 7. The number of hydrogen-bond donors (Lipinski definition) is 0. The standard InChI is InChI=1S/C20H17F6N3O4/c21-19(22,23)32-11-1-2-13(27-6-11)14(30)5-17-7-18(8-17,9-17)16-29-28-15(31-16)10-3-12(4-10)33-20(24,25)26/h1-2,6,10,12H,3-5,7-9H2. The van der Waals surface area contributed by atoms with E-state index in [4.69, 9.17) is 4.42 Å². The Hall–Kier alpha value is -2.70. The van der Waals surface area contributed by atoms with Crippen molar-refractivity contribution in [2.75, 3.05) is 0 Å². The quantitative estimate of drug-likeness (QED) is 0.417.